The van der Waals surface area contributed by atoms with Crippen molar-refractivity contribution in [3.63, 3.8) is 0 Å². The van der Waals surface area contributed by atoms with E-state index in [1.54, 1.807) is 25.1 Å². The van der Waals surface area contributed by atoms with Crippen molar-refractivity contribution in [3.05, 3.63) is 24.3 Å². The smallest absolute Gasteiger partial charge is 0.319 e. The van der Waals surface area contributed by atoms with E-state index in [0.717, 1.165) is 0 Å². The maximum absolute atomic E-state index is 11.8. The molecule has 0 saturated carbocycles. The second-order valence-corrected chi connectivity index (χ2v) is 5.19. The molecule has 17 heavy (non-hydrogen) atoms. The molecule has 0 spiro atoms. The highest BCUT2D eigenvalue weighted by Gasteiger charge is 2.25. The maximum Gasteiger partial charge on any atom is 0.319 e. The fraction of sp³-hybridized carbons (Fsp3) is 0.462. The van der Waals surface area contributed by atoms with Crippen LogP contribution < -0.4 is 0 Å². The van der Waals surface area contributed by atoms with Gasteiger partial charge in [-0.3, -0.25) is 4.79 Å². The minimum atomic E-state index is -0.289. The first kappa shape index (κ1) is 13.9. The number of aromatic hydroxyl groups is 1. The van der Waals surface area contributed by atoms with Crippen LogP contribution in [0.15, 0.2) is 29.2 Å². The number of ether oxygens (including phenoxy) is 1. The number of hydrogen-bond acceptors (Lipinski definition) is 4. The molecule has 1 unspecified atom stereocenters. The van der Waals surface area contributed by atoms with Crippen LogP contribution in [0, 0.1) is 5.92 Å². The minimum Gasteiger partial charge on any atom is -0.507 e. The number of para-hydroxylation sites is 1. The van der Waals surface area contributed by atoms with Crippen molar-refractivity contribution in [2.45, 2.75) is 30.9 Å². The van der Waals surface area contributed by atoms with E-state index in [-0.39, 0.29) is 22.9 Å². The Labute approximate surface area is 106 Å². The Balaban J connectivity index is 2.81. The van der Waals surface area contributed by atoms with Gasteiger partial charge in [-0.05, 0) is 25.0 Å². The number of hydrogen-bond donors (Lipinski definition) is 1. The van der Waals surface area contributed by atoms with Gasteiger partial charge in [-0.25, -0.2) is 0 Å². The molecule has 0 radical (unpaired) electrons. The van der Waals surface area contributed by atoms with Crippen molar-refractivity contribution < 1.29 is 14.6 Å². The second kappa shape index (κ2) is 6.55. The van der Waals surface area contributed by atoms with E-state index < -0.39 is 0 Å². The number of phenols is 1. The predicted molar refractivity (Wildman–Crippen MR) is 69.2 cm³/mol. The molecule has 0 fully saturated rings. The first-order chi connectivity index (χ1) is 8.06. The Hall–Kier alpha value is -1.16. The van der Waals surface area contributed by atoms with Gasteiger partial charge < -0.3 is 9.84 Å². The zero-order chi connectivity index (χ0) is 12.8. The molecule has 0 amide bonds. The molecule has 4 heteroatoms. The molecular formula is C13H18O3S. The molecule has 1 rings (SSSR count). The molecule has 0 aromatic heterocycles. The van der Waals surface area contributed by atoms with Crippen LogP contribution in [0.2, 0.25) is 0 Å². The Kier molecular flexibility index (Phi) is 5.35. The Morgan fingerprint density at radius 2 is 2.06 bits per heavy atom. The van der Waals surface area contributed by atoms with E-state index in [1.165, 1.54) is 11.8 Å². The molecule has 1 atom stereocenters. The van der Waals surface area contributed by atoms with Gasteiger partial charge in [0, 0.05) is 4.90 Å². The summed E-state index contributed by atoms with van der Waals surface area (Å²) in [6.45, 7) is 6.10. The molecule has 0 aliphatic heterocycles. The van der Waals surface area contributed by atoms with Crippen molar-refractivity contribution in [2.24, 2.45) is 5.92 Å². The van der Waals surface area contributed by atoms with E-state index in [4.69, 9.17) is 4.74 Å². The van der Waals surface area contributed by atoms with Crippen molar-refractivity contribution >= 4 is 17.7 Å². The number of carbonyl (C=O) groups excluding carboxylic acids is 1. The molecular weight excluding hydrogens is 236 g/mol. The summed E-state index contributed by atoms with van der Waals surface area (Å²) in [7, 11) is 0. The van der Waals surface area contributed by atoms with Gasteiger partial charge in [0.1, 0.15) is 11.0 Å². The van der Waals surface area contributed by atoms with E-state index >= 15 is 0 Å². The number of esters is 1. The summed E-state index contributed by atoms with van der Waals surface area (Å²) in [6.07, 6.45) is 0. The second-order valence-electron chi connectivity index (χ2n) is 4.00. The van der Waals surface area contributed by atoms with Crippen molar-refractivity contribution in [1.29, 1.82) is 0 Å². The first-order valence-electron chi connectivity index (χ1n) is 5.67. The molecule has 0 heterocycles. The predicted octanol–water partition coefficient (Wildman–Crippen LogP) is 3.07. The van der Waals surface area contributed by atoms with Gasteiger partial charge in [-0.15, -0.1) is 11.8 Å². The van der Waals surface area contributed by atoms with Crippen molar-refractivity contribution in [1.82, 2.24) is 0 Å². The van der Waals surface area contributed by atoms with Gasteiger partial charge in [0.2, 0.25) is 0 Å². The lowest BCUT2D eigenvalue weighted by molar-refractivity contribution is -0.143. The fourth-order valence-corrected chi connectivity index (χ4v) is 2.43. The van der Waals surface area contributed by atoms with Gasteiger partial charge >= 0.3 is 5.97 Å². The number of thioether (sulfide) groups is 1. The number of rotatable bonds is 5. The van der Waals surface area contributed by atoms with Gasteiger partial charge in [-0.1, -0.05) is 26.0 Å². The van der Waals surface area contributed by atoms with Crippen LogP contribution in [-0.4, -0.2) is 22.9 Å². The van der Waals surface area contributed by atoms with Crippen LogP contribution >= 0.6 is 11.8 Å². The molecule has 0 aliphatic carbocycles. The summed E-state index contributed by atoms with van der Waals surface area (Å²) in [5, 5.41) is 9.39. The van der Waals surface area contributed by atoms with Gasteiger partial charge in [0.15, 0.2) is 0 Å². The highest BCUT2D eigenvalue weighted by Crippen LogP contribution is 2.34. The Morgan fingerprint density at radius 3 is 2.59 bits per heavy atom. The van der Waals surface area contributed by atoms with Crippen LogP contribution in [0.1, 0.15) is 20.8 Å². The lowest BCUT2D eigenvalue weighted by Crippen LogP contribution is -2.25. The number of phenolic OH excluding ortho intramolecular Hbond substituents is 1. The molecule has 1 N–H and O–H groups in total. The van der Waals surface area contributed by atoms with E-state index in [2.05, 4.69) is 0 Å². The van der Waals surface area contributed by atoms with Crippen LogP contribution in [0.3, 0.4) is 0 Å². The van der Waals surface area contributed by atoms with E-state index in [0.29, 0.717) is 11.5 Å². The molecule has 0 bridgehead atoms. The highest BCUT2D eigenvalue weighted by molar-refractivity contribution is 8.00. The minimum absolute atomic E-state index is 0.152. The third-order valence-electron chi connectivity index (χ3n) is 2.24. The molecule has 1 aromatic rings. The fourth-order valence-electron chi connectivity index (χ4n) is 1.37. The lowest BCUT2D eigenvalue weighted by atomic mass is 10.1. The van der Waals surface area contributed by atoms with E-state index in [9.17, 15) is 9.90 Å². The van der Waals surface area contributed by atoms with Gasteiger partial charge in [0.25, 0.3) is 0 Å². The molecule has 94 valence electrons. The third kappa shape index (κ3) is 3.97. The quantitative estimate of drug-likeness (QED) is 0.648. The molecule has 0 aliphatic rings. The van der Waals surface area contributed by atoms with Crippen LogP contribution in [0.5, 0.6) is 5.75 Å². The number of carbonyl (C=O) groups is 1. The molecule has 3 nitrogen and oxygen atoms in total. The summed E-state index contributed by atoms with van der Waals surface area (Å²) in [4.78, 5) is 12.5. The lowest BCUT2D eigenvalue weighted by Gasteiger charge is -2.18. The zero-order valence-corrected chi connectivity index (χ0v) is 11.2. The van der Waals surface area contributed by atoms with Crippen LogP contribution in [0.25, 0.3) is 0 Å². The standard InChI is InChI=1S/C13H18O3S/c1-4-16-13(15)12(9(2)3)17-11-8-6-5-7-10(11)14/h5-9,12,14H,4H2,1-3H3. The maximum atomic E-state index is 11.8. The normalized spacial score (nSPS) is 12.5. The summed E-state index contributed by atoms with van der Waals surface area (Å²) in [6, 6.07) is 7.01. The topological polar surface area (TPSA) is 46.5 Å². The Morgan fingerprint density at radius 1 is 1.41 bits per heavy atom. The largest absolute Gasteiger partial charge is 0.507 e. The van der Waals surface area contributed by atoms with Crippen LogP contribution in [0.4, 0.5) is 0 Å². The zero-order valence-electron chi connectivity index (χ0n) is 10.3. The number of benzene rings is 1. The average molecular weight is 254 g/mol. The third-order valence-corrected chi connectivity index (χ3v) is 3.83. The highest BCUT2D eigenvalue weighted by atomic mass is 32.2. The van der Waals surface area contributed by atoms with Gasteiger partial charge in [-0.2, -0.15) is 0 Å². The average Bonchev–Trinajstić information content (AvgIpc) is 2.27. The summed E-state index contributed by atoms with van der Waals surface area (Å²) in [5.41, 5.74) is 0. The van der Waals surface area contributed by atoms with Crippen molar-refractivity contribution in [2.75, 3.05) is 6.61 Å². The van der Waals surface area contributed by atoms with Gasteiger partial charge in [0.05, 0.1) is 6.61 Å². The van der Waals surface area contributed by atoms with E-state index in [1.807, 2.05) is 19.9 Å². The van der Waals surface area contributed by atoms with Crippen LogP contribution in [-0.2, 0) is 9.53 Å². The summed E-state index contributed by atoms with van der Waals surface area (Å²) < 4.78 is 5.04. The van der Waals surface area contributed by atoms with Crippen molar-refractivity contribution in [3.8, 4) is 5.75 Å². The summed E-state index contributed by atoms with van der Waals surface area (Å²) >= 11 is 1.35. The molecule has 1 aromatic carbocycles. The monoisotopic (exact) mass is 254 g/mol. The summed E-state index contributed by atoms with van der Waals surface area (Å²) in [5.74, 6) is 0.127. The SMILES string of the molecule is CCOC(=O)C(Sc1ccccc1O)C(C)C. The first-order valence-corrected chi connectivity index (χ1v) is 6.55. The molecule has 0 saturated heterocycles. The Bertz CT molecular complexity index is 377.